The maximum Gasteiger partial charge on any atom is 0.255 e. The first kappa shape index (κ1) is 17.7. The molecule has 2 heterocycles. The average molecular weight is 340 g/mol. The molecule has 0 unspecified atom stereocenters. The van der Waals surface area contributed by atoms with Gasteiger partial charge in [-0.05, 0) is 51.2 Å². The van der Waals surface area contributed by atoms with Gasteiger partial charge in [-0.3, -0.25) is 4.79 Å². The van der Waals surface area contributed by atoms with Gasteiger partial charge in [0.15, 0.2) is 0 Å². The molecule has 134 valence electrons. The van der Waals surface area contributed by atoms with E-state index in [0.717, 1.165) is 41.9 Å². The molecule has 1 saturated heterocycles. The summed E-state index contributed by atoms with van der Waals surface area (Å²) < 4.78 is 2.18. The Balaban J connectivity index is 1.65. The van der Waals surface area contributed by atoms with E-state index in [4.69, 9.17) is 0 Å². The molecule has 0 saturated carbocycles. The Morgan fingerprint density at radius 3 is 2.40 bits per heavy atom. The Hall–Kier alpha value is -2.07. The van der Waals surface area contributed by atoms with Crippen LogP contribution in [-0.2, 0) is 6.54 Å². The quantitative estimate of drug-likeness (QED) is 0.922. The molecule has 4 nitrogen and oxygen atoms in total. The lowest BCUT2D eigenvalue weighted by Crippen LogP contribution is -2.40. The van der Waals surface area contributed by atoms with Gasteiger partial charge in [-0.25, -0.2) is 0 Å². The van der Waals surface area contributed by atoms with Crippen LogP contribution in [-0.4, -0.2) is 33.6 Å². The molecule has 0 spiro atoms. The van der Waals surface area contributed by atoms with Gasteiger partial charge in [0.1, 0.15) is 0 Å². The van der Waals surface area contributed by atoms with Crippen LogP contribution in [0.3, 0.4) is 0 Å². The number of benzene rings is 1. The number of carbonyl (C=O) groups excluding carboxylic acids is 1. The lowest BCUT2D eigenvalue weighted by atomic mass is 9.87. The van der Waals surface area contributed by atoms with Crippen molar-refractivity contribution in [1.82, 2.24) is 9.47 Å². The fraction of sp³-hybridized carbons (Fsp3) is 0.476. The number of aliphatic hydroxyl groups excluding tert-OH is 1. The van der Waals surface area contributed by atoms with Gasteiger partial charge in [-0.2, -0.15) is 0 Å². The molecule has 1 fully saturated rings. The largest absolute Gasteiger partial charge is 0.388 e. The summed E-state index contributed by atoms with van der Waals surface area (Å²) in [6.07, 6.45) is 1.24. The molecule has 1 atom stereocenters. The molecule has 1 N–H and O–H groups in total. The monoisotopic (exact) mass is 340 g/mol. The molecule has 25 heavy (non-hydrogen) atoms. The first-order valence-corrected chi connectivity index (χ1v) is 9.22. The summed E-state index contributed by atoms with van der Waals surface area (Å²) in [5.41, 5.74) is 3.98. The highest BCUT2D eigenvalue weighted by Crippen LogP contribution is 2.31. The molecule has 0 aliphatic carbocycles. The van der Waals surface area contributed by atoms with E-state index in [-0.39, 0.29) is 11.8 Å². The molecule has 3 rings (SSSR count). The van der Waals surface area contributed by atoms with Crippen LogP contribution in [0.5, 0.6) is 0 Å². The third-order valence-electron chi connectivity index (χ3n) is 5.53. The van der Waals surface area contributed by atoms with Crippen LogP contribution >= 0.6 is 0 Å². The number of carbonyl (C=O) groups is 1. The minimum atomic E-state index is -0.441. The van der Waals surface area contributed by atoms with Gasteiger partial charge in [0.05, 0.1) is 11.7 Å². The molecular formula is C21H28N2O2. The SMILES string of the molecule is CCn1c(C)cc(C(=O)N2CCC([C@@H](O)c3ccccc3)CC2)c1C. The summed E-state index contributed by atoms with van der Waals surface area (Å²) in [6, 6.07) is 11.8. The smallest absolute Gasteiger partial charge is 0.255 e. The molecular weight excluding hydrogens is 312 g/mol. The fourth-order valence-electron chi connectivity index (χ4n) is 4.02. The van der Waals surface area contributed by atoms with Crippen molar-refractivity contribution in [3.05, 3.63) is 58.9 Å². The van der Waals surface area contributed by atoms with E-state index in [1.807, 2.05) is 48.2 Å². The summed E-state index contributed by atoms with van der Waals surface area (Å²) in [5, 5.41) is 10.6. The number of hydrogen-bond donors (Lipinski definition) is 1. The van der Waals surface area contributed by atoms with Crippen LogP contribution in [0.2, 0.25) is 0 Å². The first-order valence-electron chi connectivity index (χ1n) is 9.22. The third-order valence-corrected chi connectivity index (χ3v) is 5.53. The summed E-state index contributed by atoms with van der Waals surface area (Å²) in [7, 11) is 0. The van der Waals surface area contributed by atoms with E-state index in [1.165, 1.54) is 0 Å². The Labute approximate surface area is 150 Å². The highest BCUT2D eigenvalue weighted by Gasteiger charge is 2.29. The molecule has 1 aliphatic rings. The predicted octanol–water partition coefficient (Wildman–Crippen LogP) is 3.71. The topological polar surface area (TPSA) is 45.5 Å². The number of rotatable bonds is 4. The minimum absolute atomic E-state index is 0.125. The van der Waals surface area contributed by atoms with Crippen molar-refractivity contribution in [3.63, 3.8) is 0 Å². The standard InChI is InChI=1S/C21H28N2O2/c1-4-23-15(2)14-19(16(23)3)21(25)22-12-10-18(11-13-22)20(24)17-8-6-5-7-9-17/h5-9,14,18,20,24H,4,10-13H2,1-3H3/t20-/m0/s1. The van der Waals surface area contributed by atoms with Gasteiger partial charge in [0.25, 0.3) is 5.91 Å². The van der Waals surface area contributed by atoms with Crippen molar-refractivity contribution in [2.45, 2.75) is 46.3 Å². The second-order valence-electron chi connectivity index (χ2n) is 7.01. The molecule has 1 aliphatic heterocycles. The Morgan fingerprint density at radius 1 is 1.20 bits per heavy atom. The van der Waals surface area contributed by atoms with E-state index in [2.05, 4.69) is 18.4 Å². The van der Waals surface area contributed by atoms with E-state index in [1.54, 1.807) is 0 Å². The van der Waals surface area contributed by atoms with Crippen LogP contribution in [0.4, 0.5) is 0 Å². The second kappa shape index (κ2) is 7.44. The number of hydrogen-bond acceptors (Lipinski definition) is 2. The third kappa shape index (κ3) is 3.49. The molecule has 1 amide bonds. The lowest BCUT2D eigenvalue weighted by molar-refractivity contribution is 0.0462. The Bertz CT molecular complexity index is 728. The van der Waals surface area contributed by atoms with Crippen LogP contribution in [0.1, 0.15) is 53.2 Å². The van der Waals surface area contributed by atoms with Crippen molar-refractivity contribution in [1.29, 1.82) is 0 Å². The zero-order chi connectivity index (χ0) is 18.0. The van der Waals surface area contributed by atoms with E-state index < -0.39 is 6.10 Å². The number of piperidine rings is 1. The van der Waals surface area contributed by atoms with E-state index in [9.17, 15) is 9.90 Å². The normalized spacial score (nSPS) is 16.9. The molecule has 1 aromatic heterocycles. The zero-order valence-corrected chi connectivity index (χ0v) is 15.4. The van der Waals surface area contributed by atoms with Crippen molar-refractivity contribution in [3.8, 4) is 0 Å². The highest BCUT2D eigenvalue weighted by atomic mass is 16.3. The fourth-order valence-corrected chi connectivity index (χ4v) is 4.02. The van der Waals surface area contributed by atoms with Gasteiger partial charge in [-0.1, -0.05) is 30.3 Å². The molecule has 0 radical (unpaired) electrons. The highest BCUT2D eigenvalue weighted by molar-refractivity contribution is 5.95. The lowest BCUT2D eigenvalue weighted by Gasteiger charge is -2.34. The maximum atomic E-state index is 12.9. The van der Waals surface area contributed by atoms with Crippen molar-refractivity contribution < 1.29 is 9.90 Å². The molecule has 1 aromatic carbocycles. The van der Waals surface area contributed by atoms with Crippen molar-refractivity contribution in [2.24, 2.45) is 5.92 Å². The number of nitrogens with zero attached hydrogens (tertiary/aromatic N) is 2. The number of aryl methyl sites for hydroxylation is 1. The number of aliphatic hydroxyl groups is 1. The van der Waals surface area contributed by atoms with Crippen molar-refractivity contribution in [2.75, 3.05) is 13.1 Å². The van der Waals surface area contributed by atoms with Crippen LogP contribution in [0.15, 0.2) is 36.4 Å². The minimum Gasteiger partial charge on any atom is -0.388 e. The Morgan fingerprint density at radius 2 is 1.84 bits per heavy atom. The molecule has 4 heteroatoms. The number of aromatic nitrogens is 1. The van der Waals surface area contributed by atoms with Gasteiger partial charge in [-0.15, -0.1) is 0 Å². The zero-order valence-electron chi connectivity index (χ0n) is 15.4. The summed E-state index contributed by atoms with van der Waals surface area (Å²) in [4.78, 5) is 14.8. The Kier molecular flexibility index (Phi) is 5.28. The van der Waals surface area contributed by atoms with Crippen LogP contribution < -0.4 is 0 Å². The van der Waals surface area contributed by atoms with Gasteiger partial charge in [0.2, 0.25) is 0 Å². The van der Waals surface area contributed by atoms with Crippen molar-refractivity contribution >= 4 is 5.91 Å². The van der Waals surface area contributed by atoms with Gasteiger partial charge < -0.3 is 14.6 Å². The molecule has 2 aromatic rings. The van der Waals surface area contributed by atoms with E-state index in [0.29, 0.717) is 13.1 Å². The van der Waals surface area contributed by atoms with Crippen LogP contribution in [0.25, 0.3) is 0 Å². The van der Waals surface area contributed by atoms with Crippen LogP contribution in [0, 0.1) is 19.8 Å². The summed E-state index contributed by atoms with van der Waals surface area (Å²) in [6.45, 7) is 8.48. The van der Waals surface area contributed by atoms with Gasteiger partial charge in [0, 0.05) is 31.0 Å². The summed E-state index contributed by atoms with van der Waals surface area (Å²) in [5.74, 6) is 0.343. The predicted molar refractivity (Wildman–Crippen MR) is 99.6 cm³/mol. The van der Waals surface area contributed by atoms with E-state index >= 15 is 0 Å². The van der Waals surface area contributed by atoms with Gasteiger partial charge >= 0.3 is 0 Å². The number of amides is 1. The second-order valence-corrected chi connectivity index (χ2v) is 7.01. The molecule has 0 bridgehead atoms. The average Bonchev–Trinajstić information content (AvgIpc) is 2.95. The first-order chi connectivity index (χ1) is 12.0. The maximum absolute atomic E-state index is 12.9. The number of likely N-dealkylation sites (tertiary alicyclic amines) is 1. The summed E-state index contributed by atoms with van der Waals surface area (Å²) >= 11 is 0.